The zero-order valence-electron chi connectivity index (χ0n) is 9.34. The number of amides is 2. The quantitative estimate of drug-likeness (QED) is 0.735. The van der Waals surface area contributed by atoms with E-state index in [1.54, 1.807) is 0 Å². The van der Waals surface area contributed by atoms with Gasteiger partial charge in [-0.25, -0.2) is 0 Å². The molecule has 1 aliphatic rings. The van der Waals surface area contributed by atoms with Crippen molar-refractivity contribution in [2.45, 2.75) is 19.8 Å². The second-order valence-electron chi connectivity index (χ2n) is 4.38. The Morgan fingerprint density at radius 3 is 2.94 bits per heavy atom. The number of carbonyl (C=O) groups excluding carboxylic acids is 2. The fourth-order valence-corrected chi connectivity index (χ4v) is 1.82. The summed E-state index contributed by atoms with van der Waals surface area (Å²) < 4.78 is 0. The monoisotopic (exact) mass is 256 g/mol. The van der Waals surface area contributed by atoms with Crippen LogP contribution in [0.25, 0.3) is 0 Å². The number of nitrogens with one attached hydrogen (secondary N) is 3. The Morgan fingerprint density at radius 2 is 2.41 bits per heavy atom. The Labute approximate surface area is 103 Å². The molecule has 1 aliphatic heterocycles. The third kappa shape index (κ3) is 2.41. The van der Waals surface area contributed by atoms with Crippen LogP contribution in [0.3, 0.4) is 0 Å². The summed E-state index contributed by atoms with van der Waals surface area (Å²) in [5.74, 6) is 0.188. The van der Waals surface area contributed by atoms with Crippen molar-refractivity contribution < 1.29 is 9.59 Å². The highest BCUT2D eigenvalue weighted by atomic mass is 35.5. The molecule has 0 bridgehead atoms. The van der Waals surface area contributed by atoms with Crippen LogP contribution in [0, 0.1) is 5.41 Å². The van der Waals surface area contributed by atoms with E-state index in [4.69, 9.17) is 11.6 Å². The molecular formula is C10H13ClN4O2. The lowest BCUT2D eigenvalue weighted by molar-refractivity contribution is -0.130. The van der Waals surface area contributed by atoms with Crippen molar-refractivity contribution in [2.24, 2.45) is 5.41 Å². The summed E-state index contributed by atoms with van der Waals surface area (Å²) in [7, 11) is 0. The minimum absolute atomic E-state index is 0.0187. The minimum atomic E-state index is -0.609. The summed E-state index contributed by atoms with van der Waals surface area (Å²) in [5.41, 5.74) is -0.609. The van der Waals surface area contributed by atoms with Crippen LogP contribution in [0.15, 0.2) is 6.20 Å². The van der Waals surface area contributed by atoms with Crippen LogP contribution in [0.2, 0.25) is 5.02 Å². The van der Waals surface area contributed by atoms with Gasteiger partial charge in [-0.15, -0.1) is 0 Å². The van der Waals surface area contributed by atoms with E-state index < -0.39 is 5.41 Å². The van der Waals surface area contributed by atoms with Gasteiger partial charge in [0.2, 0.25) is 11.8 Å². The topological polar surface area (TPSA) is 86.9 Å². The number of nitrogens with zero attached hydrogens (tertiary/aromatic N) is 1. The number of hydrogen-bond acceptors (Lipinski definition) is 3. The number of aromatic amines is 1. The summed E-state index contributed by atoms with van der Waals surface area (Å²) in [5, 5.41) is 12.0. The molecule has 2 rings (SSSR count). The second kappa shape index (κ2) is 4.37. The molecule has 0 aromatic carbocycles. The highest BCUT2D eigenvalue weighted by molar-refractivity contribution is 6.33. The fourth-order valence-electron chi connectivity index (χ4n) is 1.68. The van der Waals surface area contributed by atoms with Crippen LogP contribution in [0.1, 0.15) is 19.8 Å². The van der Waals surface area contributed by atoms with Gasteiger partial charge in [0, 0.05) is 13.0 Å². The second-order valence-corrected chi connectivity index (χ2v) is 4.79. The molecule has 0 saturated carbocycles. The smallest absolute Gasteiger partial charge is 0.233 e. The number of H-pyrrole nitrogens is 1. The molecule has 0 radical (unpaired) electrons. The van der Waals surface area contributed by atoms with Gasteiger partial charge in [0.05, 0.1) is 11.6 Å². The molecule has 17 heavy (non-hydrogen) atoms. The van der Waals surface area contributed by atoms with Crippen molar-refractivity contribution in [3.8, 4) is 0 Å². The van der Waals surface area contributed by atoms with Crippen LogP contribution < -0.4 is 10.6 Å². The lowest BCUT2D eigenvalue weighted by atomic mass is 9.81. The molecule has 6 nitrogen and oxygen atoms in total. The van der Waals surface area contributed by atoms with Gasteiger partial charge in [-0.05, 0) is 13.3 Å². The molecule has 0 spiro atoms. The number of halogens is 1. The van der Waals surface area contributed by atoms with Crippen LogP contribution in [-0.4, -0.2) is 28.6 Å². The van der Waals surface area contributed by atoms with E-state index in [0.717, 1.165) is 0 Å². The summed E-state index contributed by atoms with van der Waals surface area (Å²) in [6, 6.07) is 0. The SMILES string of the molecule is CC1(C(=O)Nc2[nH]ncc2Cl)CCC(=O)NC1. The highest BCUT2D eigenvalue weighted by Crippen LogP contribution is 2.28. The normalized spacial score (nSPS) is 24.2. The van der Waals surface area contributed by atoms with E-state index in [0.29, 0.717) is 30.2 Å². The Morgan fingerprint density at radius 1 is 1.65 bits per heavy atom. The summed E-state index contributed by atoms with van der Waals surface area (Å²) >= 11 is 5.81. The van der Waals surface area contributed by atoms with Crippen LogP contribution in [-0.2, 0) is 9.59 Å². The molecule has 7 heteroatoms. The lowest BCUT2D eigenvalue weighted by Gasteiger charge is -2.31. The van der Waals surface area contributed by atoms with E-state index in [-0.39, 0.29) is 11.8 Å². The molecule has 1 fully saturated rings. The van der Waals surface area contributed by atoms with Crippen molar-refractivity contribution in [1.82, 2.24) is 15.5 Å². The molecule has 2 heterocycles. The molecule has 1 unspecified atom stereocenters. The zero-order valence-corrected chi connectivity index (χ0v) is 10.1. The summed E-state index contributed by atoms with van der Waals surface area (Å²) in [6.07, 6.45) is 2.30. The van der Waals surface area contributed by atoms with Gasteiger partial charge in [0.15, 0.2) is 0 Å². The first-order chi connectivity index (χ1) is 8.01. The maximum absolute atomic E-state index is 12.1. The molecule has 1 atom stereocenters. The van der Waals surface area contributed by atoms with Gasteiger partial charge in [-0.2, -0.15) is 5.10 Å². The summed E-state index contributed by atoms with van der Waals surface area (Å²) in [6.45, 7) is 2.15. The zero-order chi connectivity index (χ0) is 12.5. The predicted octanol–water partition coefficient (Wildman–Crippen LogP) is 0.918. The number of aromatic nitrogens is 2. The van der Waals surface area contributed by atoms with E-state index in [1.165, 1.54) is 6.20 Å². The first-order valence-electron chi connectivity index (χ1n) is 5.28. The van der Waals surface area contributed by atoms with Gasteiger partial charge in [-0.1, -0.05) is 11.6 Å². The van der Waals surface area contributed by atoms with E-state index in [1.807, 2.05) is 6.92 Å². The van der Waals surface area contributed by atoms with Crippen molar-refractivity contribution in [2.75, 3.05) is 11.9 Å². The third-order valence-electron chi connectivity index (χ3n) is 2.96. The Bertz CT molecular complexity index is 447. The number of hydrogen-bond donors (Lipinski definition) is 3. The van der Waals surface area contributed by atoms with Crippen LogP contribution in [0.5, 0.6) is 0 Å². The van der Waals surface area contributed by atoms with Crippen molar-refractivity contribution >= 4 is 29.2 Å². The molecular weight excluding hydrogens is 244 g/mol. The van der Waals surface area contributed by atoms with Gasteiger partial charge in [-0.3, -0.25) is 14.7 Å². The lowest BCUT2D eigenvalue weighted by Crippen LogP contribution is -2.48. The van der Waals surface area contributed by atoms with Crippen molar-refractivity contribution in [3.63, 3.8) is 0 Å². The first kappa shape index (κ1) is 11.9. The number of anilines is 1. The predicted molar refractivity (Wildman–Crippen MR) is 62.6 cm³/mol. The highest BCUT2D eigenvalue weighted by Gasteiger charge is 2.37. The van der Waals surface area contributed by atoms with Crippen LogP contribution >= 0.6 is 11.6 Å². The molecule has 1 aromatic rings. The largest absolute Gasteiger partial charge is 0.355 e. The summed E-state index contributed by atoms with van der Waals surface area (Å²) in [4.78, 5) is 23.1. The Kier molecular flexibility index (Phi) is 3.06. The fraction of sp³-hybridized carbons (Fsp3) is 0.500. The maximum atomic E-state index is 12.1. The molecule has 1 saturated heterocycles. The minimum Gasteiger partial charge on any atom is -0.355 e. The Hall–Kier alpha value is -1.56. The molecule has 1 aromatic heterocycles. The van der Waals surface area contributed by atoms with Crippen molar-refractivity contribution in [3.05, 3.63) is 11.2 Å². The van der Waals surface area contributed by atoms with Crippen molar-refractivity contribution in [1.29, 1.82) is 0 Å². The average molecular weight is 257 g/mol. The number of rotatable bonds is 2. The van der Waals surface area contributed by atoms with Crippen LogP contribution in [0.4, 0.5) is 5.82 Å². The third-order valence-corrected chi connectivity index (χ3v) is 3.25. The average Bonchev–Trinajstić information content (AvgIpc) is 2.69. The standard InChI is InChI=1S/C10H13ClN4O2/c1-10(3-2-7(16)12-5-10)9(17)14-8-6(11)4-13-15-8/h4H,2-3,5H2,1H3,(H,12,16)(H2,13,14,15,17). The number of piperidine rings is 1. The van der Waals surface area contributed by atoms with Gasteiger partial charge in [0.1, 0.15) is 10.8 Å². The molecule has 3 N–H and O–H groups in total. The first-order valence-corrected chi connectivity index (χ1v) is 5.66. The van der Waals surface area contributed by atoms with E-state index >= 15 is 0 Å². The molecule has 2 amide bonds. The van der Waals surface area contributed by atoms with Gasteiger partial charge in [0.25, 0.3) is 0 Å². The van der Waals surface area contributed by atoms with E-state index in [2.05, 4.69) is 20.8 Å². The van der Waals surface area contributed by atoms with Gasteiger partial charge < -0.3 is 10.6 Å². The molecule has 92 valence electrons. The number of carbonyl (C=O) groups is 2. The molecule has 0 aliphatic carbocycles. The van der Waals surface area contributed by atoms with Gasteiger partial charge >= 0.3 is 0 Å². The maximum Gasteiger partial charge on any atom is 0.233 e. The van der Waals surface area contributed by atoms with E-state index in [9.17, 15) is 9.59 Å². The Balaban J connectivity index is 2.05.